The molecule has 1 aromatic carbocycles. The zero-order chi connectivity index (χ0) is 18.1. The summed E-state index contributed by atoms with van der Waals surface area (Å²) in [6.45, 7) is 3.68. The van der Waals surface area contributed by atoms with Gasteiger partial charge in [0, 0.05) is 37.9 Å². The Bertz CT molecular complexity index is 687. The molecule has 6 nitrogen and oxygen atoms in total. The highest BCUT2D eigenvalue weighted by Gasteiger charge is 2.12. The number of aromatic nitrogens is 1. The minimum absolute atomic E-state index is 0.125. The number of carbonyl (C=O) groups is 2. The van der Waals surface area contributed by atoms with Crippen LogP contribution in [0.3, 0.4) is 0 Å². The molecule has 0 atom stereocenters. The number of carbonyl (C=O) groups excluding carboxylic acids is 1. The second-order valence-electron chi connectivity index (χ2n) is 5.72. The molecule has 1 heterocycles. The van der Waals surface area contributed by atoms with Crippen LogP contribution in [0.15, 0.2) is 48.7 Å². The van der Waals surface area contributed by atoms with E-state index in [0.29, 0.717) is 26.1 Å². The van der Waals surface area contributed by atoms with Gasteiger partial charge in [-0.15, -0.1) is 0 Å². The van der Waals surface area contributed by atoms with E-state index in [-0.39, 0.29) is 11.6 Å². The van der Waals surface area contributed by atoms with Gasteiger partial charge in [-0.1, -0.05) is 25.1 Å². The first-order valence-corrected chi connectivity index (χ1v) is 8.35. The van der Waals surface area contributed by atoms with Gasteiger partial charge in [0.25, 0.3) is 0 Å². The molecular weight excluding hydrogens is 318 g/mol. The molecule has 0 unspecified atom stereocenters. The maximum Gasteiger partial charge on any atom is 0.335 e. The fourth-order valence-electron chi connectivity index (χ4n) is 2.43. The zero-order valence-corrected chi connectivity index (χ0v) is 14.3. The van der Waals surface area contributed by atoms with Gasteiger partial charge in [0.2, 0.25) is 0 Å². The highest BCUT2D eigenvalue weighted by molar-refractivity contribution is 5.87. The summed E-state index contributed by atoms with van der Waals surface area (Å²) >= 11 is 0. The maximum absolute atomic E-state index is 12.4. The number of carboxylic acids is 1. The molecular formula is C19H23N3O3. The predicted molar refractivity (Wildman–Crippen MR) is 95.4 cm³/mol. The summed E-state index contributed by atoms with van der Waals surface area (Å²) < 4.78 is 0. The number of hydrogen-bond acceptors (Lipinski definition) is 3. The first-order chi connectivity index (χ1) is 12.1. The molecule has 0 fully saturated rings. The van der Waals surface area contributed by atoms with E-state index < -0.39 is 5.97 Å². The number of pyridine rings is 1. The second kappa shape index (κ2) is 9.42. The molecule has 0 aliphatic heterocycles. The topological polar surface area (TPSA) is 82.5 Å². The molecule has 2 amide bonds. The fraction of sp³-hybridized carbons (Fsp3) is 0.316. The number of rotatable bonds is 8. The molecule has 2 rings (SSSR count). The van der Waals surface area contributed by atoms with Crippen molar-refractivity contribution in [1.29, 1.82) is 0 Å². The van der Waals surface area contributed by atoms with Crippen molar-refractivity contribution in [2.24, 2.45) is 0 Å². The van der Waals surface area contributed by atoms with Gasteiger partial charge in [-0.25, -0.2) is 9.59 Å². The highest BCUT2D eigenvalue weighted by Crippen LogP contribution is 2.05. The standard InChI is InChI=1S/C19H23N3O3/c1-2-12-22(13-10-17-5-3-4-11-20-17)19(25)21-14-15-6-8-16(9-7-15)18(23)24/h3-9,11H,2,10,12-14H2,1H3,(H,21,25)(H,23,24). The van der Waals surface area contributed by atoms with Crippen LogP contribution in [-0.4, -0.2) is 40.1 Å². The average Bonchev–Trinajstić information content (AvgIpc) is 2.64. The van der Waals surface area contributed by atoms with Crippen LogP contribution in [0.5, 0.6) is 0 Å². The highest BCUT2D eigenvalue weighted by atomic mass is 16.4. The Morgan fingerprint density at radius 3 is 2.48 bits per heavy atom. The molecule has 2 N–H and O–H groups in total. The van der Waals surface area contributed by atoms with Crippen LogP contribution in [0.1, 0.15) is 35.0 Å². The van der Waals surface area contributed by atoms with Crippen LogP contribution in [0.2, 0.25) is 0 Å². The van der Waals surface area contributed by atoms with Crippen molar-refractivity contribution in [3.8, 4) is 0 Å². The molecule has 0 aliphatic carbocycles. The van der Waals surface area contributed by atoms with Crippen LogP contribution >= 0.6 is 0 Å². The van der Waals surface area contributed by atoms with Gasteiger partial charge in [0.15, 0.2) is 0 Å². The molecule has 0 bridgehead atoms. The minimum atomic E-state index is -0.959. The van der Waals surface area contributed by atoms with Crippen molar-refractivity contribution in [1.82, 2.24) is 15.2 Å². The minimum Gasteiger partial charge on any atom is -0.478 e. The largest absolute Gasteiger partial charge is 0.478 e. The SMILES string of the molecule is CCCN(CCc1ccccn1)C(=O)NCc1ccc(C(=O)O)cc1. The molecule has 25 heavy (non-hydrogen) atoms. The molecule has 1 aromatic heterocycles. The lowest BCUT2D eigenvalue weighted by Crippen LogP contribution is -2.41. The third-order valence-electron chi connectivity index (χ3n) is 3.79. The summed E-state index contributed by atoms with van der Waals surface area (Å²) in [7, 11) is 0. The summed E-state index contributed by atoms with van der Waals surface area (Å²) in [5.41, 5.74) is 2.05. The van der Waals surface area contributed by atoms with Crippen molar-refractivity contribution in [3.05, 3.63) is 65.5 Å². The van der Waals surface area contributed by atoms with E-state index in [1.807, 2.05) is 25.1 Å². The van der Waals surface area contributed by atoms with E-state index in [9.17, 15) is 9.59 Å². The molecule has 0 saturated carbocycles. The summed E-state index contributed by atoms with van der Waals surface area (Å²) in [4.78, 5) is 29.3. The van der Waals surface area contributed by atoms with Gasteiger partial charge in [0.1, 0.15) is 0 Å². The number of benzene rings is 1. The number of amides is 2. The van der Waals surface area contributed by atoms with Crippen molar-refractivity contribution in [3.63, 3.8) is 0 Å². The van der Waals surface area contributed by atoms with Crippen LogP contribution < -0.4 is 5.32 Å². The van der Waals surface area contributed by atoms with E-state index in [0.717, 1.165) is 17.7 Å². The third-order valence-corrected chi connectivity index (χ3v) is 3.79. The van der Waals surface area contributed by atoms with E-state index in [1.54, 1.807) is 23.2 Å². The van der Waals surface area contributed by atoms with E-state index >= 15 is 0 Å². The smallest absolute Gasteiger partial charge is 0.335 e. The van der Waals surface area contributed by atoms with Crippen LogP contribution in [0.4, 0.5) is 4.79 Å². The fourth-order valence-corrected chi connectivity index (χ4v) is 2.43. The Labute approximate surface area is 147 Å². The second-order valence-corrected chi connectivity index (χ2v) is 5.72. The predicted octanol–water partition coefficient (Wildman–Crippen LogP) is 2.94. The summed E-state index contributed by atoms with van der Waals surface area (Å²) in [6, 6.07) is 12.1. The molecule has 2 aromatic rings. The summed E-state index contributed by atoms with van der Waals surface area (Å²) in [5.74, 6) is -0.959. The quantitative estimate of drug-likeness (QED) is 0.773. The average molecular weight is 341 g/mol. The molecule has 0 spiro atoms. The number of hydrogen-bond donors (Lipinski definition) is 2. The van der Waals surface area contributed by atoms with Gasteiger partial charge in [0.05, 0.1) is 5.56 Å². The Morgan fingerprint density at radius 1 is 1.12 bits per heavy atom. The number of carboxylic acid groups (broad SMARTS) is 1. The summed E-state index contributed by atoms with van der Waals surface area (Å²) in [5, 5.41) is 11.8. The van der Waals surface area contributed by atoms with Gasteiger partial charge in [-0.05, 0) is 36.2 Å². The van der Waals surface area contributed by atoms with Crippen molar-refractivity contribution >= 4 is 12.0 Å². The van der Waals surface area contributed by atoms with E-state index in [2.05, 4.69) is 10.3 Å². The number of nitrogens with one attached hydrogen (secondary N) is 1. The Morgan fingerprint density at radius 2 is 1.88 bits per heavy atom. The first-order valence-electron chi connectivity index (χ1n) is 8.35. The van der Waals surface area contributed by atoms with Crippen molar-refractivity contribution in [2.75, 3.05) is 13.1 Å². The zero-order valence-electron chi connectivity index (χ0n) is 14.3. The van der Waals surface area contributed by atoms with Crippen molar-refractivity contribution in [2.45, 2.75) is 26.3 Å². The molecule has 132 valence electrons. The lowest BCUT2D eigenvalue weighted by molar-refractivity contribution is 0.0697. The lowest BCUT2D eigenvalue weighted by atomic mass is 10.1. The first kappa shape index (κ1) is 18.4. The van der Waals surface area contributed by atoms with Crippen molar-refractivity contribution < 1.29 is 14.7 Å². The molecule has 0 aliphatic rings. The molecule has 0 saturated heterocycles. The van der Waals surface area contributed by atoms with Crippen LogP contribution in [-0.2, 0) is 13.0 Å². The molecule has 0 radical (unpaired) electrons. The van der Waals surface area contributed by atoms with Gasteiger partial charge in [-0.3, -0.25) is 4.98 Å². The Balaban J connectivity index is 1.87. The van der Waals surface area contributed by atoms with Crippen LogP contribution in [0.25, 0.3) is 0 Å². The van der Waals surface area contributed by atoms with Gasteiger partial charge in [-0.2, -0.15) is 0 Å². The number of aromatic carboxylic acids is 1. The summed E-state index contributed by atoms with van der Waals surface area (Å²) in [6.07, 6.45) is 3.34. The van der Waals surface area contributed by atoms with E-state index in [1.165, 1.54) is 12.1 Å². The lowest BCUT2D eigenvalue weighted by Gasteiger charge is -2.22. The van der Waals surface area contributed by atoms with Gasteiger partial charge >= 0.3 is 12.0 Å². The Kier molecular flexibility index (Phi) is 6.95. The normalized spacial score (nSPS) is 10.3. The molecule has 6 heteroatoms. The maximum atomic E-state index is 12.4. The van der Waals surface area contributed by atoms with Crippen LogP contribution in [0, 0.1) is 0 Å². The monoisotopic (exact) mass is 341 g/mol. The number of nitrogens with zero attached hydrogens (tertiary/aromatic N) is 2. The Hall–Kier alpha value is -2.89. The number of urea groups is 1. The third kappa shape index (κ3) is 5.91. The van der Waals surface area contributed by atoms with Gasteiger partial charge < -0.3 is 15.3 Å². The van der Waals surface area contributed by atoms with E-state index in [4.69, 9.17) is 5.11 Å².